The van der Waals surface area contributed by atoms with Gasteiger partial charge in [-0.05, 0) is 12.8 Å². The first-order valence-corrected chi connectivity index (χ1v) is 7.35. The van der Waals surface area contributed by atoms with Crippen molar-refractivity contribution >= 4 is 22.6 Å². The number of anilines is 1. The van der Waals surface area contributed by atoms with Gasteiger partial charge < -0.3 is 10.0 Å². The highest BCUT2D eigenvalue weighted by Crippen LogP contribution is 2.38. The molecule has 0 spiro atoms. The molecule has 1 atom stereocenters. The summed E-state index contributed by atoms with van der Waals surface area (Å²) in [6.07, 6.45) is 3.99. The van der Waals surface area contributed by atoms with E-state index in [9.17, 15) is 9.90 Å². The second-order valence-electron chi connectivity index (χ2n) is 5.76. The predicted molar refractivity (Wildman–Crippen MR) is 81.3 cm³/mol. The molecule has 1 aliphatic heterocycles. The minimum Gasteiger partial charge on any atom is -0.481 e. The molecule has 0 amide bonds. The molecule has 5 heteroatoms. The summed E-state index contributed by atoms with van der Waals surface area (Å²) in [5.74, 6) is 0.104. The van der Waals surface area contributed by atoms with Crippen LogP contribution >= 0.6 is 0 Å². The first-order chi connectivity index (χ1) is 10.2. The average Bonchev–Trinajstić information content (AvgIpc) is 2.92. The van der Waals surface area contributed by atoms with Gasteiger partial charge in [-0.3, -0.25) is 4.79 Å². The number of nitrogens with zero attached hydrogens (tertiary/aromatic N) is 3. The highest BCUT2D eigenvalue weighted by molar-refractivity contribution is 5.91. The van der Waals surface area contributed by atoms with E-state index in [0.29, 0.717) is 19.4 Å². The van der Waals surface area contributed by atoms with Crippen molar-refractivity contribution in [1.82, 2.24) is 10.2 Å². The predicted octanol–water partition coefficient (Wildman–Crippen LogP) is 2.71. The minimum atomic E-state index is -0.694. The Kier molecular flexibility index (Phi) is 3.49. The summed E-state index contributed by atoms with van der Waals surface area (Å²) in [5, 5.41) is 20.0. The largest absolute Gasteiger partial charge is 0.481 e. The lowest BCUT2D eigenvalue weighted by molar-refractivity contribution is -0.148. The Balaban J connectivity index is 1.96. The van der Waals surface area contributed by atoms with Crippen LogP contribution in [0, 0.1) is 5.41 Å². The summed E-state index contributed by atoms with van der Waals surface area (Å²) in [7, 11) is 0. The van der Waals surface area contributed by atoms with E-state index in [-0.39, 0.29) is 0 Å². The van der Waals surface area contributed by atoms with Crippen molar-refractivity contribution in [3.63, 3.8) is 0 Å². The van der Waals surface area contributed by atoms with Gasteiger partial charge in [0.05, 0.1) is 11.6 Å². The molecule has 0 bridgehead atoms. The molecule has 5 nitrogen and oxygen atoms in total. The Morgan fingerprint density at radius 2 is 2.24 bits per heavy atom. The Hall–Kier alpha value is -2.17. The summed E-state index contributed by atoms with van der Waals surface area (Å²) in [6, 6.07) is 7.95. The van der Waals surface area contributed by atoms with Gasteiger partial charge in [-0.15, -0.1) is 5.10 Å². The maximum Gasteiger partial charge on any atom is 0.311 e. The Morgan fingerprint density at radius 3 is 3.00 bits per heavy atom. The van der Waals surface area contributed by atoms with Gasteiger partial charge in [-0.25, -0.2) is 0 Å². The monoisotopic (exact) mass is 285 g/mol. The molecule has 1 aromatic carbocycles. The molecule has 3 rings (SSSR count). The number of hydrogen-bond donors (Lipinski definition) is 1. The zero-order chi connectivity index (χ0) is 14.9. The van der Waals surface area contributed by atoms with Crippen LogP contribution in [0.25, 0.3) is 10.8 Å². The van der Waals surface area contributed by atoms with Crippen LogP contribution in [0.1, 0.15) is 26.2 Å². The highest BCUT2D eigenvalue weighted by Gasteiger charge is 2.44. The van der Waals surface area contributed by atoms with Crippen LogP contribution in [-0.4, -0.2) is 34.4 Å². The molecular formula is C16H19N3O2. The van der Waals surface area contributed by atoms with Crippen molar-refractivity contribution in [2.75, 3.05) is 18.0 Å². The van der Waals surface area contributed by atoms with Gasteiger partial charge in [0, 0.05) is 23.9 Å². The van der Waals surface area contributed by atoms with Crippen LogP contribution in [0.2, 0.25) is 0 Å². The summed E-state index contributed by atoms with van der Waals surface area (Å²) < 4.78 is 0. The molecule has 110 valence electrons. The van der Waals surface area contributed by atoms with E-state index in [2.05, 4.69) is 15.1 Å². The standard InChI is InChI=1S/C16H19N3O2/c1-2-7-16(15(20)21)8-9-19(11-16)14-13-6-4-3-5-12(13)10-17-18-14/h3-6,10H,2,7-9,11H2,1H3,(H,20,21). The lowest BCUT2D eigenvalue weighted by Gasteiger charge is -2.24. The van der Waals surface area contributed by atoms with Gasteiger partial charge in [0.25, 0.3) is 0 Å². The van der Waals surface area contributed by atoms with Crippen molar-refractivity contribution in [1.29, 1.82) is 0 Å². The van der Waals surface area contributed by atoms with E-state index in [1.165, 1.54) is 0 Å². The van der Waals surface area contributed by atoms with Gasteiger partial charge in [0.1, 0.15) is 0 Å². The van der Waals surface area contributed by atoms with Crippen LogP contribution in [-0.2, 0) is 4.79 Å². The third-order valence-electron chi connectivity index (χ3n) is 4.39. The van der Waals surface area contributed by atoms with Gasteiger partial charge in [0.15, 0.2) is 5.82 Å². The number of fused-ring (bicyclic) bond motifs is 1. The van der Waals surface area contributed by atoms with Gasteiger partial charge >= 0.3 is 5.97 Å². The topological polar surface area (TPSA) is 66.3 Å². The van der Waals surface area contributed by atoms with E-state index in [1.54, 1.807) is 6.20 Å². The maximum absolute atomic E-state index is 11.7. The molecule has 1 saturated heterocycles. The zero-order valence-corrected chi connectivity index (χ0v) is 12.1. The number of carboxylic acids is 1. The Bertz CT molecular complexity index is 668. The number of benzene rings is 1. The van der Waals surface area contributed by atoms with Gasteiger partial charge in [-0.1, -0.05) is 37.6 Å². The minimum absolute atomic E-state index is 0.513. The number of carboxylic acid groups (broad SMARTS) is 1. The second-order valence-corrected chi connectivity index (χ2v) is 5.76. The SMILES string of the molecule is CCCC1(C(=O)O)CCN(c2nncc3ccccc23)C1. The third kappa shape index (κ3) is 2.33. The van der Waals surface area contributed by atoms with Crippen molar-refractivity contribution in [3.05, 3.63) is 30.5 Å². The fourth-order valence-electron chi connectivity index (χ4n) is 3.26. The van der Waals surface area contributed by atoms with E-state index in [4.69, 9.17) is 0 Å². The van der Waals surface area contributed by atoms with Crippen LogP contribution in [0.5, 0.6) is 0 Å². The molecule has 1 unspecified atom stereocenters. The molecule has 0 radical (unpaired) electrons. The van der Waals surface area contributed by atoms with Gasteiger partial charge in [0.2, 0.25) is 0 Å². The Morgan fingerprint density at radius 1 is 1.43 bits per heavy atom. The van der Waals surface area contributed by atoms with E-state index in [0.717, 1.165) is 29.6 Å². The molecular weight excluding hydrogens is 266 g/mol. The lowest BCUT2D eigenvalue weighted by atomic mass is 9.83. The van der Waals surface area contributed by atoms with E-state index >= 15 is 0 Å². The smallest absolute Gasteiger partial charge is 0.311 e. The lowest BCUT2D eigenvalue weighted by Crippen LogP contribution is -2.35. The molecule has 0 aliphatic carbocycles. The molecule has 1 aliphatic rings. The van der Waals surface area contributed by atoms with Crippen molar-refractivity contribution in [3.8, 4) is 0 Å². The molecule has 21 heavy (non-hydrogen) atoms. The summed E-state index contributed by atoms with van der Waals surface area (Å²) in [6.45, 7) is 3.26. The molecule has 1 aromatic heterocycles. The summed E-state index contributed by atoms with van der Waals surface area (Å²) in [5.41, 5.74) is -0.645. The number of aromatic nitrogens is 2. The van der Waals surface area contributed by atoms with Crippen LogP contribution < -0.4 is 4.90 Å². The first kappa shape index (κ1) is 13.8. The third-order valence-corrected chi connectivity index (χ3v) is 4.39. The quantitative estimate of drug-likeness (QED) is 0.935. The van der Waals surface area contributed by atoms with Crippen molar-refractivity contribution < 1.29 is 9.90 Å². The highest BCUT2D eigenvalue weighted by atomic mass is 16.4. The summed E-state index contributed by atoms with van der Waals surface area (Å²) in [4.78, 5) is 13.8. The average molecular weight is 285 g/mol. The van der Waals surface area contributed by atoms with Gasteiger partial charge in [-0.2, -0.15) is 5.10 Å². The van der Waals surface area contributed by atoms with Crippen molar-refractivity contribution in [2.45, 2.75) is 26.2 Å². The fourth-order valence-corrected chi connectivity index (χ4v) is 3.26. The van der Waals surface area contributed by atoms with Crippen LogP contribution in [0.4, 0.5) is 5.82 Å². The number of aliphatic carboxylic acids is 1. The zero-order valence-electron chi connectivity index (χ0n) is 12.1. The molecule has 2 heterocycles. The Labute approximate surface area is 123 Å². The second kappa shape index (κ2) is 5.31. The first-order valence-electron chi connectivity index (χ1n) is 7.35. The molecule has 2 aromatic rings. The van der Waals surface area contributed by atoms with Crippen molar-refractivity contribution in [2.24, 2.45) is 5.41 Å². The number of hydrogen-bond acceptors (Lipinski definition) is 4. The van der Waals surface area contributed by atoms with E-state index < -0.39 is 11.4 Å². The number of carbonyl (C=O) groups is 1. The maximum atomic E-state index is 11.7. The van der Waals surface area contributed by atoms with Crippen LogP contribution in [0.15, 0.2) is 30.5 Å². The fraction of sp³-hybridized carbons (Fsp3) is 0.438. The normalized spacial score (nSPS) is 21.9. The molecule has 1 N–H and O–H groups in total. The van der Waals surface area contributed by atoms with E-state index in [1.807, 2.05) is 31.2 Å². The summed E-state index contributed by atoms with van der Waals surface area (Å²) >= 11 is 0. The molecule has 1 fully saturated rings. The van der Waals surface area contributed by atoms with Crippen LogP contribution in [0.3, 0.4) is 0 Å². The number of rotatable bonds is 4. The molecule has 0 saturated carbocycles.